The van der Waals surface area contributed by atoms with Crippen molar-refractivity contribution < 1.29 is 14.6 Å². The normalized spacial score (nSPS) is 19.8. The van der Waals surface area contributed by atoms with Gasteiger partial charge in [0.05, 0.1) is 0 Å². The van der Waals surface area contributed by atoms with E-state index in [0.29, 0.717) is 12.2 Å². The number of rotatable bonds is 8. The minimum absolute atomic E-state index is 0.00688. The number of aromatic hydroxyl groups is 1. The van der Waals surface area contributed by atoms with Crippen LogP contribution in [0.15, 0.2) is 12.1 Å². The molecule has 1 saturated heterocycles. The molecule has 1 aliphatic heterocycles. The molecule has 0 amide bonds. The third-order valence-corrected chi connectivity index (χ3v) is 8.30. The van der Waals surface area contributed by atoms with Crippen LogP contribution in [0.4, 0.5) is 0 Å². The number of carbonyl (C=O) groups excluding carboxylic acids is 1. The van der Waals surface area contributed by atoms with Crippen LogP contribution in [0.3, 0.4) is 0 Å². The van der Waals surface area contributed by atoms with Gasteiger partial charge in [-0.05, 0) is 81.0 Å². The highest BCUT2D eigenvalue weighted by Crippen LogP contribution is 2.41. The van der Waals surface area contributed by atoms with Crippen molar-refractivity contribution in [2.75, 3.05) is 7.05 Å². The van der Waals surface area contributed by atoms with Gasteiger partial charge in [0.25, 0.3) is 0 Å². The molecule has 36 heavy (non-hydrogen) atoms. The van der Waals surface area contributed by atoms with Gasteiger partial charge < -0.3 is 9.84 Å². The van der Waals surface area contributed by atoms with Crippen LogP contribution in [0, 0.1) is 5.92 Å². The van der Waals surface area contributed by atoms with Gasteiger partial charge in [0.2, 0.25) is 0 Å². The summed E-state index contributed by atoms with van der Waals surface area (Å²) in [7, 11) is 2.17. The summed E-state index contributed by atoms with van der Waals surface area (Å²) in [6.45, 7) is 24.0. The van der Waals surface area contributed by atoms with E-state index in [-0.39, 0.29) is 39.9 Å². The molecule has 2 rings (SSSR count). The van der Waals surface area contributed by atoms with E-state index in [9.17, 15) is 9.90 Å². The van der Waals surface area contributed by atoms with Crippen molar-refractivity contribution in [3.8, 4) is 5.75 Å². The Kier molecular flexibility index (Phi) is 9.42. The van der Waals surface area contributed by atoms with E-state index in [2.05, 4.69) is 100 Å². The zero-order valence-electron chi connectivity index (χ0n) is 25.5. The molecule has 1 aromatic carbocycles. The lowest BCUT2D eigenvalue weighted by molar-refractivity contribution is -0.160. The molecule has 1 aliphatic rings. The molecule has 1 atom stereocenters. The number of esters is 1. The number of piperidine rings is 1. The highest BCUT2D eigenvalue weighted by atomic mass is 16.5. The molecule has 206 valence electrons. The van der Waals surface area contributed by atoms with E-state index < -0.39 is 0 Å². The molecule has 0 saturated carbocycles. The van der Waals surface area contributed by atoms with Crippen LogP contribution in [-0.4, -0.2) is 40.2 Å². The van der Waals surface area contributed by atoms with Gasteiger partial charge in [-0.1, -0.05) is 73.4 Å². The van der Waals surface area contributed by atoms with Crippen molar-refractivity contribution in [2.45, 2.75) is 149 Å². The molecule has 1 aromatic rings. The quantitative estimate of drug-likeness (QED) is 0.368. The molecule has 1 heterocycles. The van der Waals surface area contributed by atoms with Crippen molar-refractivity contribution in [1.82, 2.24) is 4.90 Å². The van der Waals surface area contributed by atoms with E-state index in [0.717, 1.165) is 49.7 Å². The monoisotopic (exact) mass is 501 g/mol. The Morgan fingerprint density at radius 2 is 1.50 bits per heavy atom. The molecule has 1 N–H and O–H groups in total. The van der Waals surface area contributed by atoms with Gasteiger partial charge in [-0.15, -0.1) is 0 Å². The van der Waals surface area contributed by atoms with Crippen LogP contribution >= 0.6 is 0 Å². The number of unbranched alkanes of at least 4 members (excludes halogenated alkanes) is 1. The van der Waals surface area contributed by atoms with Crippen molar-refractivity contribution in [3.05, 3.63) is 28.8 Å². The van der Waals surface area contributed by atoms with E-state index >= 15 is 0 Å². The Morgan fingerprint density at radius 1 is 1.03 bits per heavy atom. The maximum absolute atomic E-state index is 13.2. The standard InChI is InChI=1S/C32H55NO3/c1-13-14-15-22(19-27(34)36-24-20-31(8,9)33(12)32(10,11)21-24)16-23-17-25(29(2,3)4)28(35)26(18-23)30(5,6)7/h17-18,22,24,35H,13-16,19-21H2,1-12H3. The molecule has 1 unspecified atom stereocenters. The van der Waals surface area contributed by atoms with Crippen LogP contribution in [-0.2, 0) is 26.8 Å². The molecule has 1 fully saturated rings. The molecule has 0 spiro atoms. The van der Waals surface area contributed by atoms with Crippen molar-refractivity contribution in [1.29, 1.82) is 0 Å². The van der Waals surface area contributed by atoms with Gasteiger partial charge in [-0.3, -0.25) is 9.69 Å². The number of carbonyl (C=O) groups is 1. The summed E-state index contributed by atoms with van der Waals surface area (Å²) in [5.74, 6) is 0.578. The van der Waals surface area contributed by atoms with E-state index in [1.165, 1.54) is 5.56 Å². The number of phenolic OH excluding ortho intramolecular Hbond substituents is 1. The molecular formula is C32H55NO3. The molecule has 4 nitrogen and oxygen atoms in total. The van der Waals surface area contributed by atoms with Gasteiger partial charge in [0.15, 0.2) is 0 Å². The summed E-state index contributed by atoms with van der Waals surface area (Å²) >= 11 is 0. The zero-order valence-corrected chi connectivity index (χ0v) is 25.5. The largest absolute Gasteiger partial charge is 0.507 e. The van der Waals surface area contributed by atoms with Crippen LogP contribution < -0.4 is 0 Å². The first-order valence-corrected chi connectivity index (χ1v) is 14.1. The minimum Gasteiger partial charge on any atom is -0.507 e. The molecule has 0 aromatic heterocycles. The number of hydrogen-bond acceptors (Lipinski definition) is 4. The van der Waals surface area contributed by atoms with Gasteiger partial charge in [-0.25, -0.2) is 0 Å². The predicted octanol–water partition coefficient (Wildman–Crippen LogP) is 7.92. The number of phenols is 1. The average Bonchev–Trinajstić information content (AvgIpc) is 2.69. The lowest BCUT2D eigenvalue weighted by atomic mass is 9.77. The topological polar surface area (TPSA) is 49.8 Å². The van der Waals surface area contributed by atoms with Crippen molar-refractivity contribution >= 4 is 5.97 Å². The fraction of sp³-hybridized carbons (Fsp3) is 0.781. The summed E-state index contributed by atoms with van der Waals surface area (Å²) < 4.78 is 6.13. The number of likely N-dealkylation sites (tertiary alicyclic amines) is 1. The molecule has 0 radical (unpaired) electrons. The lowest BCUT2D eigenvalue weighted by Crippen LogP contribution is -2.60. The maximum atomic E-state index is 13.2. The third-order valence-electron chi connectivity index (χ3n) is 8.30. The molecule has 0 aliphatic carbocycles. The highest BCUT2D eigenvalue weighted by Gasteiger charge is 2.44. The van der Waals surface area contributed by atoms with Gasteiger partial charge >= 0.3 is 5.97 Å². The first-order chi connectivity index (χ1) is 16.3. The Hall–Kier alpha value is -1.55. The van der Waals surface area contributed by atoms with E-state index in [4.69, 9.17) is 4.74 Å². The maximum Gasteiger partial charge on any atom is 0.306 e. The first kappa shape index (κ1) is 30.7. The lowest BCUT2D eigenvalue weighted by Gasteiger charge is -2.53. The van der Waals surface area contributed by atoms with Crippen LogP contribution in [0.25, 0.3) is 0 Å². The molecule has 0 bridgehead atoms. The number of benzene rings is 1. The Balaban J connectivity index is 2.25. The summed E-state index contributed by atoms with van der Waals surface area (Å²) in [6, 6.07) is 4.33. The van der Waals surface area contributed by atoms with E-state index in [1.54, 1.807) is 0 Å². The van der Waals surface area contributed by atoms with Gasteiger partial charge in [0.1, 0.15) is 11.9 Å². The second-order valence-corrected chi connectivity index (χ2v) is 14.7. The second kappa shape index (κ2) is 11.1. The minimum atomic E-state index is -0.161. The molecular weight excluding hydrogens is 446 g/mol. The second-order valence-electron chi connectivity index (χ2n) is 14.7. The molecule has 4 heteroatoms. The van der Waals surface area contributed by atoms with Gasteiger partial charge in [-0.2, -0.15) is 0 Å². The Bertz CT molecular complexity index is 848. The first-order valence-electron chi connectivity index (χ1n) is 14.1. The summed E-state index contributed by atoms with van der Waals surface area (Å²) in [5, 5.41) is 11.1. The highest BCUT2D eigenvalue weighted by molar-refractivity contribution is 5.70. The van der Waals surface area contributed by atoms with Crippen molar-refractivity contribution in [3.63, 3.8) is 0 Å². The fourth-order valence-corrected chi connectivity index (χ4v) is 5.89. The van der Waals surface area contributed by atoms with Crippen LogP contribution in [0.1, 0.15) is 131 Å². The fourth-order valence-electron chi connectivity index (χ4n) is 5.89. The predicted molar refractivity (Wildman–Crippen MR) is 152 cm³/mol. The van der Waals surface area contributed by atoms with Gasteiger partial charge in [0, 0.05) is 30.3 Å². The Labute approximate surface area is 222 Å². The SMILES string of the molecule is CCCCC(CC(=O)OC1CC(C)(C)N(C)C(C)(C)C1)Cc1cc(C(C)(C)C)c(O)c(C(C)(C)C)c1. The number of nitrogens with zero attached hydrogens (tertiary/aromatic N) is 1. The van der Waals surface area contributed by atoms with Crippen molar-refractivity contribution in [2.24, 2.45) is 5.92 Å². The number of ether oxygens (including phenoxy) is 1. The summed E-state index contributed by atoms with van der Waals surface area (Å²) in [4.78, 5) is 15.6. The summed E-state index contributed by atoms with van der Waals surface area (Å²) in [5.41, 5.74) is 2.84. The Morgan fingerprint density at radius 3 is 1.92 bits per heavy atom. The summed E-state index contributed by atoms with van der Waals surface area (Å²) in [6.07, 6.45) is 6.17. The van der Waals surface area contributed by atoms with Crippen LogP contribution in [0.5, 0.6) is 5.75 Å². The van der Waals surface area contributed by atoms with Crippen LogP contribution in [0.2, 0.25) is 0 Å². The number of hydrogen-bond donors (Lipinski definition) is 1. The average molecular weight is 502 g/mol. The zero-order chi connectivity index (χ0) is 27.7. The van der Waals surface area contributed by atoms with E-state index in [1.807, 2.05) is 0 Å². The smallest absolute Gasteiger partial charge is 0.306 e. The third kappa shape index (κ3) is 7.73.